The van der Waals surface area contributed by atoms with Crippen molar-refractivity contribution in [1.82, 2.24) is 0 Å². The van der Waals surface area contributed by atoms with E-state index in [0.717, 1.165) is 0 Å². The SMILES string of the molecule is C=Nc1cccc(C(=O)O)c1NCOCC.CC. The first kappa shape index (κ1) is 16.1. The number of carboxylic acids is 1. The molecule has 0 heterocycles. The van der Waals surface area contributed by atoms with E-state index in [4.69, 9.17) is 9.84 Å². The third kappa shape index (κ3) is 4.55. The molecule has 0 fully saturated rings. The van der Waals surface area contributed by atoms with E-state index in [0.29, 0.717) is 18.0 Å². The smallest absolute Gasteiger partial charge is 0.337 e. The van der Waals surface area contributed by atoms with E-state index in [2.05, 4.69) is 17.0 Å². The van der Waals surface area contributed by atoms with Gasteiger partial charge in [-0.25, -0.2) is 4.79 Å². The number of carboxylic acid groups (broad SMARTS) is 1. The van der Waals surface area contributed by atoms with Gasteiger partial charge < -0.3 is 15.2 Å². The summed E-state index contributed by atoms with van der Waals surface area (Å²) in [6, 6.07) is 4.82. The Bertz CT molecular complexity index is 392. The lowest BCUT2D eigenvalue weighted by Crippen LogP contribution is -2.10. The molecule has 0 saturated carbocycles. The number of aliphatic imine (C=N–C) groups is 1. The van der Waals surface area contributed by atoms with E-state index in [1.54, 1.807) is 12.1 Å². The number of nitrogens with one attached hydrogen (secondary N) is 1. The van der Waals surface area contributed by atoms with Gasteiger partial charge in [0, 0.05) is 6.61 Å². The molecule has 1 aromatic rings. The van der Waals surface area contributed by atoms with Crippen molar-refractivity contribution in [3.63, 3.8) is 0 Å². The normalized spacial score (nSPS) is 9.06. The lowest BCUT2D eigenvalue weighted by atomic mass is 10.1. The summed E-state index contributed by atoms with van der Waals surface area (Å²) < 4.78 is 5.11. The molecule has 0 bridgehead atoms. The molecule has 0 unspecified atom stereocenters. The van der Waals surface area contributed by atoms with Gasteiger partial charge in [-0.3, -0.25) is 4.99 Å². The minimum atomic E-state index is -1.01. The standard InChI is InChI=1S/C11H14N2O3.C2H6/c1-3-16-7-13-10-8(11(14)15)5-4-6-9(10)12-2;1-2/h4-6,13H,2-3,7H2,1H3,(H,14,15);1-2H3. The maximum atomic E-state index is 11.0. The van der Waals surface area contributed by atoms with Crippen LogP contribution in [0.25, 0.3) is 0 Å². The number of ether oxygens (including phenoxy) is 1. The molecule has 18 heavy (non-hydrogen) atoms. The molecule has 0 aliphatic heterocycles. The van der Waals surface area contributed by atoms with Crippen LogP contribution in [0.5, 0.6) is 0 Å². The molecule has 0 aliphatic carbocycles. The van der Waals surface area contributed by atoms with E-state index in [1.807, 2.05) is 20.8 Å². The third-order valence-corrected chi connectivity index (χ3v) is 2.00. The Labute approximate surface area is 108 Å². The molecule has 0 atom stereocenters. The first-order valence-electron chi connectivity index (χ1n) is 5.85. The molecule has 1 aromatic carbocycles. The highest BCUT2D eigenvalue weighted by Crippen LogP contribution is 2.28. The van der Waals surface area contributed by atoms with Crippen LogP contribution in [0.2, 0.25) is 0 Å². The van der Waals surface area contributed by atoms with Crippen LogP contribution in [0.4, 0.5) is 11.4 Å². The first-order chi connectivity index (χ1) is 8.70. The van der Waals surface area contributed by atoms with Crippen LogP contribution < -0.4 is 5.32 Å². The molecule has 1 rings (SSSR count). The van der Waals surface area contributed by atoms with E-state index in [-0.39, 0.29) is 12.3 Å². The van der Waals surface area contributed by atoms with Crippen LogP contribution in [0.1, 0.15) is 31.1 Å². The van der Waals surface area contributed by atoms with Gasteiger partial charge in [-0.1, -0.05) is 19.9 Å². The Morgan fingerprint density at radius 1 is 1.50 bits per heavy atom. The van der Waals surface area contributed by atoms with Crippen molar-refractivity contribution in [2.24, 2.45) is 4.99 Å². The molecule has 0 aliphatic rings. The Morgan fingerprint density at radius 3 is 2.67 bits per heavy atom. The van der Waals surface area contributed by atoms with Crippen LogP contribution in [0.15, 0.2) is 23.2 Å². The molecule has 5 nitrogen and oxygen atoms in total. The van der Waals surface area contributed by atoms with Gasteiger partial charge in [0.25, 0.3) is 0 Å². The van der Waals surface area contributed by atoms with Crippen molar-refractivity contribution in [3.05, 3.63) is 23.8 Å². The highest BCUT2D eigenvalue weighted by Gasteiger charge is 2.12. The topological polar surface area (TPSA) is 70.9 Å². The molecule has 0 aromatic heterocycles. The minimum absolute atomic E-state index is 0.157. The zero-order valence-corrected chi connectivity index (χ0v) is 11.1. The second kappa shape index (κ2) is 9.18. The number of nitrogens with zero attached hydrogens (tertiary/aromatic N) is 1. The second-order valence-corrected chi connectivity index (χ2v) is 2.98. The zero-order chi connectivity index (χ0) is 14.0. The lowest BCUT2D eigenvalue weighted by Gasteiger charge is -2.11. The molecule has 0 amide bonds. The van der Waals surface area contributed by atoms with Crippen molar-refractivity contribution in [2.75, 3.05) is 18.7 Å². The second-order valence-electron chi connectivity index (χ2n) is 2.98. The predicted octanol–water partition coefficient (Wildman–Crippen LogP) is 3.15. The van der Waals surface area contributed by atoms with Gasteiger partial charge in [-0.15, -0.1) is 0 Å². The Kier molecular flexibility index (Phi) is 8.22. The highest BCUT2D eigenvalue weighted by molar-refractivity contribution is 5.97. The summed E-state index contributed by atoms with van der Waals surface area (Å²) in [6.45, 7) is 10.0. The number of anilines is 1. The van der Waals surface area contributed by atoms with Gasteiger partial charge in [-0.05, 0) is 25.8 Å². The number of hydrogen-bond donors (Lipinski definition) is 2. The fourth-order valence-corrected chi connectivity index (χ4v) is 1.26. The lowest BCUT2D eigenvalue weighted by molar-refractivity contribution is 0.0697. The molecular weight excluding hydrogens is 232 g/mol. The number of benzene rings is 1. The summed E-state index contributed by atoms with van der Waals surface area (Å²) >= 11 is 0. The van der Waals surface area contributed by atoms with Crippen LogP contribution in [-0.2, 0) is 4.74 Å². The van der Waals surface area contributed by atoms with Crippen LogP contribution in [-0.4, -0.2) is 31.1 Å². The third-order valence-electron chi connectivity index (χ3n) is 2.00. The van der Waals surface area contributed by atoms with Crippen molar-refractivity contribution >= 4 is 24.1 Å². The van der Waals surface area contributed by atoms with Crippen LogP contribution in [0, 0.1) is 0 Å². The monoisotopic (exact) mass is 252 g/mol. The van der Waals surface area contributed by atoms with Gasteiger partial charge >= 0.3 is 5.97 Å². The fraction of sp³-hybridized carbons (Fsp3) is 0.385. The molecule has 0 saturated heterocycles. The van der Waals surface area contributed by atoms with Crippen molar-refractivity contribution in [3.8, 4) is 0 Å². The molecule has 5 heteroatoms. The summed E-state index contributed by atoms with van der Waals surface area (Å²) in [5.74, 6) is -1.01. The molecule has 0 spiro atoms. The van der Waals surface area contributed by atoms with Crippen molar-refractivity contribution in [1.29, 1.82) is 0 Å². The molecule has 100 valence electrons. The number of hydrogen-bond acceptors (Lipinski definition) is 4. The number of para-hydroxylation sites is 1. The van der Waals surface area contributed by atoms with E-state index in [9.17, 15) is 4.79 Å². The summed E-state index contributed by atoms with van der Waals surface area (Å²) in [6.07, 6.45) is 0. The maximum Gasteiger partial charge on any atom is 0.337 e. The Balaban J connectivity index is 0.00000137. The van der Waals surface area contributed by atoms with Crippen LogP contribution >= 0.6 is 0 Å². The largest absolute Gasteiger partial charge is 0.478 e. The zero-order valence-electron chi connectivity index (χ0n) is 11.1. The summed E-state index contributed by atoms with van der Waals surface area (Å²) in [5, 5.41) is 11.9. The first-order valence-corrected chi connectivity index (χ1v) is 5.85. The average molecular weight is 252 g/mol. The summed E-state index contributed by atoms with van der Waals surface area (Å²) in [4.78, 5) is 14.7. The highest BCUT2D eigenvalue weighted by atomic mass is 16.5. The Hall–Kier alpha value is -1.88. The number of rotatable bonds is 6. The predicted molar refractivity (Wildman–Crippen MR) is 74.1 cm³/mol. The summed E-state index contributed by atoms with van der Waals surface area (Å²) in [5.41, 5.74) is 1.09. The van der Waals surface area contributed by atoms with E-state index < -0.39 is 5.97 Å². The van der Waals surface area contributed by atoms with Gasteiger partial charge in [0.1, 0.15) is 6.73 Å². The molecule has 0 radical (unpaired) electrons. The van der Waals surface area contributed by atoms with Gasteiger partial charge in [-0.2, -0.15) is 0 Å². The van der Waals surface area contributed by atoms with E-state index in [1.165, 1.54) is 6.07 Å². The molecular formula is C13H20N2O3. The minimum Gasteiger partial charge on any atom is -0.478 e. The van der Waals surface area contributed by atoms with Crippen molar-refractivity contribution in [2.45, 2.75) is 20.8 Å². The van der Waals surface area contributed by atoms with Gasteiger partial charge in [0.05, 0.1) is 16.9 Å². The fourth-order valence-electron chi connectivity index (χ4n) is 1.26. The quantitative estimate of drug-likeness (QED) is 0.463. The van der Waals surface area contributed by atoms with Gasteiger partial charge in [0.2, 0.25) is 0 Å². The van der Waals surface area contributed by atoms with Gasteiger partial charge in [0.15, 0.2) is 0 Å². The average Bonchev–Trinajstić information content (AvgIpc) is 2.41. The number of aromatic carboxylic acids is 1. The molecule has 2 N–H and O–H groups in total. The van der Waals surface area contributed by atoms with E-state index >= 15 is 0 Å². The number of carbonyl (C=O) groups is 1. The van der Waals surface area contributed by atoms with Crippen molar-refractivity contribution < 1.29 is 14.6 Å². The maximum absolute atomic E-state index is 11.0. The van der Waals surface area contributed by atoms with Crippen LogP contribution in [0.3, 0.4) is 0 Å². The summed E-state index contributed by atoms with van der Waals surface area (Å²) in [7, 11) is 0. The Morgan fingerprint density at radius 2 is 2.17 bits per heavy atom.